The molecular weight excluding hydrogens is 238 g/mol. The Kier molecular flexibility index (Phi) is 6.03. The molecule has 3 nitrogen and oxygen atoms in total. The first-order valence-electron chi connectivity index (χ1n) is 6.37. The number of carbonyl (C=O) groups is 1. The number of aliphatic hydroxyl groups is 1. The molecule has 0 aromatic heterocycles. The van der Waals surface area contributed by atoms with Crippen molar-refractivity contribution in [2.45, 2.75) is 26.0 Å². The fraction of sp³-hybridized carbons (Fsp3) is 0.312. The van der Waals surface area contributed by atoms with Gasteiger partial charge in [-0.1, -0.05) is 48.6 Å². The summed E-state index contributed by atoms with van der Waals surface area (Å²) in [4.78, 5) is 13.4. The predicted molar refractivity (Wildman–Crippen MR) is 77.6 cm³/mol. The first kappa shape index (κ1) is 15.2. The molecule has 0 aliphatic heterocycles. The van der Waals surface area contributed by atoms with Gasteiger partial charge in [-0.25, -0.2) is 0 Å². The Balaban J connectivity index is 2.71. The number of aliphatic hydroxyl groups excluding tert-OH is 1. The van der Waals surface area contributed by atoms with Crippen LogP contribution in [0.4, 0.5) is 0 Å². The summed E-state index contributed by atoms with van der Waals surface area (Å²) in [5, 5.41) is 10.2. The van der Waals surface area contributed by atoms with Gasteiger partial charge >= 0.3 is 0 Å². The number of amides is 1. The quantitative estimate of drug-likeness (QED) is 0.652. The van der Waals surface area contributed by atoms with E-state index >= 15 is 0 Å². The minimum absolute atomic E-state index is 0.124. The maximum Gasteiger partial charge on any atom is 0.246 e. The molecule has 0 aliphatic carbocycles. The van der Waals surface area contributed by atoms with E-state index in [1.165, 1.54) is 11.0 Å². The zero-order valence-electron chi connectivity index (χ0n) is 11.7. The number of hydrogen-bond acceptors (Lipinski definition) is 2. The highest BCUT2D eigenvalue weighted by molar-refractivity contribution is 5.87. The van der Waals surface area contributed by atoms with Gasteiger partial charge in [-0.15, -0.1) is 0 Å². The smallest absolute Gasteiger partial charge is 0.246 e. The third-order valence-corrected chi connectivity index (χ3v) is 3.10. The van der Waals surface area contributed by atoms with Crippen LogP contribution in [0.1, 0.15) is 25.5 Å². The summed E-state index contributed by atoms with van der Waals surface area (Å²) in [6, 6.07) is 9.07. The van der Waals surface area contributed by atoms with E-state index < -0.39 is 6.10 Å². The minimum Gasteiger partial charge on any atom is -0.386 e. The maximum atomic E-state index is 11.9. The molecule has 0 bridgehead atoms. The van der Waals surface area contributed by atoms with Crippen LogP contribution in [-0.4, -0.2) is 29.0 Å². The molecule has 1 aromatic rings. The molecule has 0 saturated carbocycles. The first-order valence-corrected chi connectivity index (χ1v) is 6.37. The average Bonchev–Trinajstić information content (AvgIpc) is 2.46. The number of rotatable bonds is 5. The molecule has 102 valence electrons. The number of carbonyl (C=O) groups excluding carboxylic acids is 1. The van der Waals surface area contributed by atoms with Gasteiger partial charge in [0.25, 0.3) is 0 Å². The zero-order valence-corrected chi connectivity index (χ0v) is 11.7. The second kappa shape index (κ2) is 7.54. The summed E-state index contributed by atoms with van der Waals surface area (Å²) in [5.74, 6) is -0.124. The fourth-order valence-corrected chi connectivity index (χ4v) is 1.71. The van der Waals surface area contributed by atoms with Gasteiger partial charge in [-0.05, 0) is 19.4 Å². The van der Waals surface area contributed by atoms with Crippen molar-refractivity contribution in [2.24, 2.45) is 0 Å². The summed E-state index contributed by atoms with van der Waals surface area (Å²) in [7, 11) is 1.69. The minimum atomic E-state index is -0.690. The number of likely N-dealkylation sites (N-methyl/N-ethyl adjacent to an activating group) is 1. The van der Waals surface area contributed by atoms with Crippen LogP contribution in [0.15, 0.2) is 54.6 Å². The standard InChI is InChI=1S/C16H21NO2/c1-4-5-7-12-15(18)17(3)13(2)16(19)14-10-8-6-9-11-14/h4-13,16,19H,1-3H3/b5-4+,12-7+/t13-,16+/m0/s1. The van der Waals surface area contributed by atoms with Crippen molar-refractivity contribution < 1.29 is 9.90 Å². The highest BCUT2D eigenvalue weighted by Crippen LogP contribution is 2.19. The molecule has 1 rings (SSSR count). The Bertz CT molecular complexity index is 451. The Hall–Kier alpha value is -1.87. The lowest BCUT2D eigenvalue weighted by atomic mass is 10.0. The van der Waals surface area contributed by atoms with Gasteiger partial charge in [0.1, 0.15) is 0 Å². The van der Waals surface area contributed by atoms with Gasteiger partial charge in [0.15, 0.2) is 0 Å². The molecule has 19 heavy (non-hydrogen) atoms. The van der Waals surface area contributed by atoms with E-state index in [4.69, 9.17) is 0 Å². The van der Waals surface area contributed by atoms with Gasteiger partial charge < -0.3 is 10.0 Å². The molecule has 0 fully saturated rings. The molecular formula is C16H21NO2. The molecule has 1 N–H and O–H groups in total. The van der Waals surface area contributed by atoms with E-state index in [-0.39, 0.29) is 11.9 Å². The van der Waals surface area contributed by atoms with E-state index in [1.54, 1.807) is 19.2 Å². The Labute approximate surface area is 114 Å². The predicted octanol–water partition coefficient (Wildman–Crippen LogP) is 2.70. The maximum absolute atomic E-state index is 11.9. The molecule has 0 aliphatic rings. The molecule has 0 spiro atoms. The van der Waals surface area contributed by atoms with Gasteiger partial charge in [-0.2, -0.15) is 0 Å². The van der Waals surface area contributed by atoms with E-state index in [2.05, 4.69) is 0 Å². The summed E-state index contributed by atoms with van der Waals surface area (Å²) in [6.07, 6.45) is 6.15. The summed E-state index contributed by atoms with van der Waals surface area (Å²) < 4.78 is 0. The summed E-state index contributed by atoms with van der Waals surface area (Å²) in [5.41, 5.74) is 0.812. The molecule has 0 saturated heterocycles. The van der Waals surface area contributed by atoms with Crippen molar-refractivity contribution in [3.05, 3.63) is 60.2 Å². The molecule has 0 radical (unpaired) electrons. The third-order valence-electron chi connectivity index (χ3n) is 3.10. The molecule has 0 unspecified atom stereocenters. The first-order chi connectivity index (χ1) is 9.07. The van der Waals surface area contributed by atoms with Gasteiger partial charge in [-0.3, -0.25) is 4.79 Å². The molecule has 3 heteroatoms. The normalized spacial score (nSPS) is 14.7. The monoisotopic (exact) mass is 259 g/mol. The van der Waals surface area contributed by atoms with Crippen LogP contribution in [0, 0.1) is 0 Å². The summed E-state index contributed by atoms with van der Waals surface area (Å²) in [6.45, 7) is 3.72. The second-order valence-electron chi connectivity index (χ2n) is 4.43. The van der Waals surface area contributed by atoms with E-state index in [0.717, 1.165) is 5.56 Å². The van der Waals surface area contributed by atoms with Crippen LogP contribution in [0.3, 0.4) is 0 Å². The van der Waals surface area contributed by atoms with Gasteiger partial charge in [0.05, 0.1) is 12.1 Å². The lowest BCUT2D eigenvalue weighted by Gasteiger charge is -2.28. The van der Waals surface area contributed by atoms with Crippen LogP contribution < -0.4 is 0 Å². The van der Waals surface area contributed by atoms with E-state index in [1.807, 2.05) is 50.3 Å². The molecule has 1 amide bonds. The SMILES string of the molecule is C/C=C/C=C/C(=O)N(C)[C@@H](C)[C@@H](O)c1ccccc1. The third kappa shape index (κ3) is 4.38. The van der Waals surface area contributed by atoms with Gasteiger partial charge in [0, 0.05) is 13.1 Å². The highest BCUT2D eigenvalue weighted by atomic mass is 16.3. The number of allylic oxidation sites excluding steroid dienone is 3. The molecule has 2 atom stereocenters. The van der Waals surface area contributed by atoms with Crippen LogP contribution in [0.2, 0.25) is 0 Å². The Morgan fingerprint density at radius 2 is 1.89 bits per heavy atom. The highest BCUT2D eigenvalue weighted by Gasteiger charge is 2.22. The second-order valence-corrected chi connectivity index (χ2v) is 4.43. The topological polar surface area (TPSA) is 40.5 Å². The van der Waals surface area contributed by atoms with Crippen LogP contribution in [0.5, 0.6) is 0 Å². The lowest BCUT2D eigenvalue weighted by molar-refractivity contribution is -0.128. The fourth-order valence-electron chi connectivity index (χ4n) is 1.71. The Morgan fingerprint density at radius 3 is 2.47 bits per heavy atom. The van der Waals surface area contributed by atoms with E-state index in [9.17, 15) is 9.90 Å². The van der Waals surface area contributed by atoms with Gasteiger partial charge in [0.2, 0.25) is 5.91 Å². The van der Waals surface area contributed by atoms with Crippen LogP contribution in [-0.2, 0) is 4.79 Å². The van der Waals surface area contributed by atoms with E-state index in [0.29, 0.717) is 0 Å². The number of nitrogens with zero attached hydrogens (tertiary/aromatic N) is 1. The Morgan fingerprint density at radius 1 is 1.26 bits per heavy atom. The summed E-state index contributed by atoms with van der Waals surface area (Å²) >= 11 is 0. The van der Waals surface area contributed by atoms with Crippen molar-refractivity contribution in [1.82, 2.24) is 4.90 Å². The largest absolute Gasteiger partial charge is 0.386 e. The van der Waals surface area contributed by atoms with Crippen molar-refractivity contribution >= 4 is 5.91 Å². The average molecular weight is 259 g/mol. The van der Waals surface area contributed by atoms with Crippen LogP contribution in [0.25, 0.3) is 0 Å². The van der Waals surface area contributed by atoms with Crippen molar-refractivity contribution in [3.8, 4) is 0 Å². The molecule has 0 heterocycles. The van der Waals surface area contributed by atoms with Crippen molar-refractivity contribution in [3.63, 3.8) is 0 Å². The van der Waals surface area contributed by atoms with Crippen molar-refractivity contribution in [1.29, 1.82) is 0 Å². The number of hydrogen-bond donors (Lipinski definition) is 1. The number of benzene rings is 1. The lowest BCUT2D eigenvalue weighted by Crippen LogP contribution is -2.38. The zero-order chi connectivity index (χ0) is 14.3. The van der Waals surface area contributed by atoms with Crippen LogP contribution >= 0.6 is 0 Å². The van der Waals surface area contributed by atoms with Crippen molar-refractivity contribution in [2.75, 3.05) is 7.05 Å². The molecule has 1 aromatic carbocycles.